The molecule has 0 unspecified atom stereocenters. The number of para-hydroxylation sites is 1. The third-order valence-corrected chi connectivity index (χ3v) is 4.70. The number of hydrogen-bond donors (Lipinski definition) is 1. The van der Waals surface area contributed by atoms with Crippen molar-refractivity contribution in [3.8, 4) is 22.8 Å². The van der Waals surface area contributed by atoms with Crippen LogP contribution in [0, 0.1) is 0 Å². The van der Waals surface area contributed by atoms with E-state index >= 15 is 0 Å². The molecule has 0 atom stereocenters. The van der Waals surface area contributed by atoms with Crippen molar-refractivity contribution in [2.45, 2.75) is 38.1 Å². The molecule has 0 bridgehead atoms. The van der Waals surface area contributed by atoms with Gasteiger partial charge in [0.2, 0.25) is 5.95 Å². The van der Waals surface area contributed by atoms with Gasteiger partial charge < -0.3 is 10.1 Å². The van der Waals surface area contributed by atoms with Gasteiger partial charge in [0.25, 0.3) is 0 Å². The van der Waals surface area contributed by atoms with Crippen molar-refractivity contribution < 1.29 is 4.74 Å². The molecule has 26 heavy (non-hydrogen) atoms. The van der Waals surface area contributed by atoms with E-state index in [0.717, 1.165) is 22.8 Å². The van der Waals surface area contributed by atoms with E-state index in [9.17, 15) is 0 Å². The van der Waals surface area contributed by atoms with Gasteiger partial charge >= 0.3 is 0 Å². The number of benzene rings is 2. The Bertz CT molecular complexity index is 845. The maximum Gasteiger partial charge on any atom is 0.223 e. The quantitative estimate of drug-likeness (QED) is 0.646. The normalized spacial score (nSPS) is 14.8. The van der Waals surface area contributed by atoms with Crippen LogP contribution in [0.3, 0.4) is 0 Å². The molecule has 4 heteroatoms. The number of ether oxygens (including phenoxy) is 1. The van der Waals surface area contributed by atoms with Gasteiger partial charge in [0.1, 0.15) is 11.5 Å². The lowest BCUT2D eigenvalue weighted by Gasteiger charge is -2.22. The molecule has 1 N–H and O–H groups in total. The van der Waals surface area contributed by atoms with Gasteiger partial charge in [0.15, 0.2) is 0 Å². The molecule has 0 aliphatic heterocycles. The topological polar surface area (TPSA) is 47.0 Å². The molecule has 1 aliphatic rings. The summed E-state index contributed by atoms with van der Waals surface area (Å²) in [5.41, 5.74) is 1.92. The summed E-state index contributed by atoms with van der Waals surface area (Å²) in [4.78, 5) is 9.10. The van der Waals surface area contributed by atoms with E-state index in [0.29, 0.717) is 12.0 Å². The summed E-state index contributed by atoms with van der Waals surface area (Å²) < 4.78 is 5.93. The van der Waals surface area contributed by atoms with Gasteiger partial charge in [-0.1, -0.05) is 49.6 Å². The Morgan fingerprint density at radius 2 is 1.65 bits per heavy atom. The van der Waals surface area contributed by atoms with Crippen LogP contribution in [0.15, 0.2) is 66.9 Å². The summed E-state index contributed by atoms with van der Waals surface area (Å²) in [7, 11) is 0. The Kier molecular flexibility index (Phi) is 5.10. The average molecular weight is 345 g/mol. The Morgan fingerprint density at radius 3 is 2.50 bits per heavy atom. The van der Waals surface area contributed by atoms with Gasteiger partial charge in [-0.25, -0.2) is 9.97 Å². The van der Waals surface area contributed by atoms with E-state index < -0.39 is 0 Å². The number of aromatic nitrogens is 2. The molecule has 4 nitrogen and oxygen atoms in total. The van der Waals surface area contributed by atoms with E-state index in [-0.39, 0.29) is 0 Å². The molecule has 1 fully saturated rings. The minimum absolute atomic E-state index is 0.492. The summed E-state index contributed by atoms with van der Waals surface area (Å²) in [5.74, 6) is 2.34. The summed E-state index contributed by atoms with van der Waals surface area (Å²) in [5, 5.41) is 3.49. The van der Waals surface area contributed by atoms with Gasteiger partial charge in [0, 0.05) is 17.8 Å². The number of hydrogen-bond acceptors (Lipinski definition) is 4. The van der Waals surface area contributed by atoms with Crippen molar-refractivity contribution in [3.05, 3.63) is 66.9 Å². The van der Waals surface area contributed by atoms with E-state index in [1.807, 2.05) is 66.9 Å². The third-order valence-electron chi connectivity index (χ3n) is 4.70. The second-order valence-electron chi connectivity index (χ2n) is 6.69. The highest BCUT2D eigenvalue weighted by Crippen LogP contribution is 2.27. The van der Waals surface area contributed by atoms with Gasteiger partial charge in [-0.15, -0.1) is 0 Å². The zero-order valence-electron chi connectivity index (χ0n) is 14.8. The maximum absolute atomic E-state index is 5.93. The van der Waals surface area contributed by atoms with E-state index in [1.165, 1.54) is 32.1 Å². The fourth-order valence-electron chi connectivity index (χ4n) is 3.36. The first-order chi connectivity index (χ1) is 12.9. The standard InChI is InChI=1S/C22H23N3O/c1-3-9-18(10-4-1)24-22-23-15-14-21(25-22)17-8-7-13-20(16-17)26-19-11-5-2-6-12-19/h2,5-8,11-16,18H,1,3-4,9-10H2,(H,23,24,25). The van der Waals surface area contributed by atoms with Gasteiger partial charge in [-0.05, 0) is 43.2 Å². The van der Waals surface area contributed by atoms with Crippen LogP contribution in [0.1, 0.15) is 32.1 Å². The minimum Gasteiger partial charge on any atom is -0.457 e. The molecule has 1 heterocycles. The predicted molar refractivity (Wildman–Crippen MR) is 104 cm³/mol. The molecular formula is C22H23N3O. The van der Waals surface area contributed by atoms with Crippen molar-refractivity contribution in [1.29, 1.82) is 0 Å². The molecule has 132 valence electrons. The van der Waals surface area contributed by atoms with Gasteiger partial charge in [-0.3, -0.25) is 0 Å². The number of rotatable bonds is 5. The lowest BCUT2D eigenvalue weighted by Crippen LogP contribution is -2.23. The largest absolute Gasteiger partial charge is 0.457 e. The fourth-order valence-corrected chi connectivity index (χ4v) is 3.36. The molecule has 0 spiro atoms. The molecule has 0 radical (unpaired) electrons. The highest BCUT2D eigenvalue weighted by atomic mass is 16.5. The van der Waals surface area contributed by atoms with Crippen LogP contribution in [0.5, 0.6) is 11.5 Å². The molecular weight excluding hydrogens is 322 g/mol. The van der Waals surface area contributed by atoms with Crippen LogP contribution in [-0.2, 0) is 0 Å². The summed E-state index contributed by atoms with van der Waals surface area (Å²) >= 11 is 0. The first kappa shape index (κ1) is 16.6. The molecule has 2 aromatic carbocycles. The molecule has 3 aromatic rings. The lowest BCUT2D eigenvalue weighted by molar-refractivity contribution is 0.461. The van der Waals surface area contributed by atoms with Crippen LogP contribution in [0.25, 0.3) is 11.3 Å². The molecule has 1 aliphatic carbocycles. The smallest absolute Gasteiger partial charge is 0.223 e. The van der Waals surface area contributed by atoms with Crippen LogP contribution in [0.4, 0.5) is 5.95 Å². The summed E-state index contributed by atoms with van der Waals surface area (Å²) in [6.45, 7) is 0. The van der Waals surface area contributed by atoms with Crippen LogP contribution in [-0.4, -0.2) is 16.0 Å². The van der Waals surface area contributed by atoms with Crippen molar-refractivity contribution in [2.24, 2.45) is 0 Å². The summed E-state index contributed by atoms with van der Waals surface area (Å²) in [6, 6.07) is 20.2. The Labute approximate surface area is 154 Å². The molecule has 0 saturated heterocycles. The Morgan fingerprint density at radius 1 is 0.846 bits per heavy atom. The number of nitrogens with one attached hydrogen (secondary N) is 1. The first-order valence-corrected chi connectivity index (χ1v) is 9.30. The third kappa shape index (κ3) is 4.20. The van der Waals surface area contributed by atoms with Gasteiger partial charge in [0.05, 0.1) is 5.69 Å². The van der Waals surface area contributed by atoms with Crippen molar-refractivity contribution in [3.63, 3.8) is 0 Å². The van der Waals surface area contributed by atoms with Crippen molar-refractivity contribution in [2.75, 3.05) is 5.32 Å². The van der Waals surface area contributed by atoms with Crippen LogP contribution in [0.2, 0.25) is 0 Å². The lowest BCUT2D eigenvalue weighted by atomic mass is 9.96. The SMILES string of the molecule is c1ccc(Oc2cccc(-c3ccnc(NC4CCCCC4)n3)c2)cc1. The molecule has 1 saturated carbocycles. The van der Waals surface area contributed by atoms with Crippen molar-refractivity contribution in [1.82, 2.24) is 9.97 Å². The zero-order valence-corrected chi connectivity index (χ0v) is 14.8. The average Bonchev–Trinajstić information content (AvgIpc) is 2.70. The zero-order chi connectivity index (χ0) is 17.6. The van der Waals surface area contributed by atoms with Gasteiger partial charge in [-0.2, -0.15) is 0 Å². The Balaban J connectivity index is 1.51. The van der Waals surface area contributed by atoms with E-state index in [1.54, 1.807) is 0 Å². The Hall–Kier alpha value is -2.88. The molecule has 1 aromatic heterocycles. The minimum atomic E-state index is 0.492. The van der Waals surface area contributed by atoms with E-state index in [4.69, 9.17) is 9.72 Å². The van der Waals surface area contributed by atoms with Crippen LogP contribution >= 0.6 is 0 Å². The second-order valence-corrected chi connectivity index (χ2v) is 6.69. The highest BCUT2D eigenvalue weighted by Gasteiger charge is 2.14. The second kappa shape index (κ2) is 8.00. The first-order valence-electron chi connectivity index (χ1n) is 9.30. The van der Waals surface area contributed by atoms with Crippen LogP contribution < -0.4 is 10.1 Å². The monoisotopic (exact) mass is 345 g/mol. The molecule has 0 amide bonds. The number of nitrogens with zero attached hydrogens (tertiary/aromatic N) is 2. The highest BCUT2D eigenvalue weighted by molar-refractivity contribution is 5.62. The summed E-state index contributed by atoms with van der Waals surface area (Å²) in [6.07, 6.45) is 8.14. The fraction of sp³-hybridized carbons (Fsp3) is 0.273. The molecule has 4 rings (SSSR count). The predicted octanol–water partition coefficient (Wildman–Crippen LogP) is 5.68. The van der Waals surface area contributed by atoms with Crippen molar-refractivity contribution >= 4 is 5.95 Å². The maximum atomic E-state index is 5.93. The van der Waals surface area contributed by atoms with E-state index in [2.05, 4.69) is 10.3 Å². The number of anilines is 1.